The molecular weight excluding hydrogens is 415 g/mol. The fraction of sp³-hybridized carbons (Fsp3) is 0.167. The summed E-state index contributed by atoms with van der Waals surface area (Å²) in [5.74, 6) is -1.07. The molecule has 18 heavy (non-hydrogen) atoms. The topological polar surface area (TPSA) is 52.6 Å². The predicted molar refractivity (Wildman–Crippen MR) is 78.0 cm³/mol. The highest BCUT2D eigenvalue weighted by molar-refractivity contribution is 14.1. The third-order valence-electron chi connectivity index (χ3n) is 1.81. The van der Waals surface area contributed by atoms with Gasteiger partial charge in [0.15, 0.2) is 0 Å². The summed E-state index contributed by atoms with van der Waals surface area (Å²) in [7, 11) is 0. The maximum Gasteiger partial charge on any atom is 0.344 e. The Hall–Kier alpha value is -0.890. The van der Waals surface area contributed by atoms with E-state index < -0.39 is 11.9 Å². The third-order valence-corrected chi connectivity index (χ3v) is 3.25. The Bertz CT molecular complexity index is 485. The molecule has 0 N–H and O–H groups in total. The first-order valence-electron chi connectivity index (χ1n) is 5.04. The number of hydrogen-bond donors (Lipinski definition) is 0. The SMILES string of the molecule is CCOC(=O)/C=C/OC(=O)c1cc(Br)ccc1I. The van der Waals surface area contributed by atoms with Gasteiger partial charge in [0.05, 0.1) is 18.2 Å². The van der Waals surface area contributed by atoms with E-state index >= 15 is 0 Å². The Labute approximate surface area is 127 Å². The van der Waals surface area contributed by atoms with Crippen LogP contribution in [0.25, 0.3) is 0 Å². The van der Waals surface area contributed by atoms with Gasteiger partial charge < -0.3 is 9.47 Å². The fourth-order valence-corrected chi connectivity index (χ4v) is 1.98. The summed E-state index contributed by atoms with van der Waals surface area (Å²) in [5, 5.41) is 0. The van der Waals surface area contributed by atoms with Gasteiger partial charge in [-0.25, -0.2) is 9.59 Å². The van der Waals surface area contributed by atoms with E-state index in [1.165, 1.54) is 0 Å². The number of ether oxygens (including phenoxy) is 2. The second-order valence-electron chi connectivity index (χ2n) is 3.08. The number of benzene rings is 1. The monoisotopic (exact) mass is 424 g/mol. The van der Waals surface area contributed by atoms with Gasteiger partial charge in [0, 0.05) is 8.04 Å². The average molecular weight is 425 g/mol. The average Bonchev–Trinajstić information content (AvgIpc) is 2.32. The van der Waals surface area contributed by atoms with Gasteiger partial charge in [0.2, 0.25) is 0 Å². The van der Waals surface area contributed by atoms with Crippen LogP contribution >= 0.6 is 38.5 Å². The Balaban J connectivity index is 2.66. The molecule has 0 aliphatic carbocycles. The van der Waals surface area contributed by atoms with Crippen molar-refractivity contribution in [1.82, 2.24) is 0 Å². The summed E-state index contributed by atoms with van der Waals surface area (Å²) in [5.41, 5.74) is 0.429. The summed E-state index contributed by atoms with van der Waals surface area (Å²) in [6.45, 7) is 1.97. The van der Waals surface area contributed by atoms with Crippen molar-refractivity contribution in [2.75, 3.05) is 6.61 Å². The van der Waals surface area contributed by atoms with Gasteiger partial charge in [0.1, 0.15) is 6.26 Å². The zero-order valence-corrected chi connectivity index (χ0v) is 13.2. The van der Waals surface area contributed by atoms with Crippen molar-refractivity contribution in [1.29, 1.82) is 0 Å². The highest BCUT2D eigenvalue weighted by atomic mass is 127. The zero-order valence-electron chi connectivity index (χ0n) is 9.48. The minimum Gasteiger partial charge on any atom is -0.463 e. The Morgan fingerprint density at radius 2 is 2.17 bits per heavy atom. The van der Waals surface area contributed by atoms with Gasteiger partial charge in [-0.2, -0.15) is 0 Å². The lowest BCUT2D eigenvalue weighted by molar-refractivity contribution is -0.137. The largest absolute Gasteiger partial charge is 0.463 e. The maximum absolute atomic E-state index is 11.7. The standard InChI is InChI=1S/C12H10BrIO4/c1-2-17-11(15)5-6-18-12(16)9-7-8(13)3-4-10(9)14/h3-7H,2H2,1H3/b6-5+. The molecule has 0 aromatic heterocycles. The van der Waals surface area contributed by atoms with Gasteiger partial charge in [-0.15, -0.1) is 0 Å². The van der Waals surface area contributed by atoms with Crippen molar-refractivity contribution in [3.05, 3.63) is 44.1 Å². The molecule has 1 aromatic rings. The van der Waals surface area contributed by atoms with E-state index in [-0.39, 0.29) is 6.61 Å². The quantitative estimate of drug-likeness (QED) is 0.322. The lowest BCUT2D eigenvalue weighted by Crippen LogP contribution is -2.04. The zero-order chi connectivity index (χ0) is 13.5. The molecule has 6 heteroatoms. The van der Waals surface area contributed by atoms with E-state index in [0.29, 0.717) is 5.56 Å². The smallest absolute Gasteiger partial charge is 0.344 e. The molecule has 0 atom stereocenters. The minimum absolute atomic E-state index is 0.278. The molecule has 0 fully saturated rings. The Morgan fingerprint density at radius 3 is 2.83 bits per heavy atom. The Morgan fingerprint density at radius 1 is 1.44 bits per heavy atom. The first-order valence-corrected chi connectivity index (χ1v) is 6.91. The van der Waals surface area contributed by atoms with Gasteiger partial charge in [-0.3, -0.25) is 0 Å². The van der Waals surface area contributed by atoms with Crippen molar-refractivity contribution >= 4 is 50.5 Å². The number of carbonyl (C=O) groups is 2. The minimum atomic E-state index is -0.547. The summed E-state index contributed by atoms with van der Waals surface area (Å²) < 4.78 is 11.0. The molecule has 0 radical (unpaired) electrons. The number of carbonyl (C=O) groups excluding carboxylic acids is 2. The molecule has 0 unspecified atom stereocenters. The highest BCUT2D eigenvalue weighted by Crippen LogP contribution is 2.19. The first-order chi connectivity index (χ1) is 8.54. The van der Waals surface area contributed by atoms with Crippen molar-refractivity contribution in [2.45, 2.75) is 6.92 Å². The van der Waals surface area contributed by atoms with Crippen LogP contribution in [0.1, 0.15) is 17.3 Å². The molecule has 0 bridgehead atoms. The third kappa shape index (κ3) is 4.77. The van der Waals surface area contributed by atoms with Crippen LogP contribution in [-0.2, 0) is 14.3 Å². The lowest BCUT2D eigenvalue weighted by Gasteiger charge is -2.03. The van der Waals surface area contributed by atoms with Gasteiger partial charge >= 0.3 is 11.9 Å². The van der Waals surface area contributed by atoms with E-state index in [1.807, 2.05) is 28.7 Å². The summed E-state index contributed by atoms with van der Waals surface area (Å²) >= 11 is 5.31. The molecule has 0 spiro atoms. The van der Waals surface area contributed by atoms with Gasteiger partial charge in [-0.1, -0.05) is 15.9 Å². The fourth-order valence-electron chi connectivity index (χ4n) is 1.06. The van der Waals surface area contributed by atoms with Crippen molar-refractivity contribution < 1.29 is 19.1 Å². The lowest BCUT2D eigenvalue weighted by atomic mass is 10.2. The maximum atomic E-state index is 11.7. The van der Waals surface area contributed by atoms with E-state index in [9.17, 15) is 9.59 Å². The molecular formula is C12H10BrIO4. The Kier molecular flexibility index (Phi) is 6.34. The van der Waals surface area contributed by atoms with Crippen molar-refractivity contribution in [3.8, 4) is 0 Å². The first kappa shape index (κ1) is 15.2. The number of esters is 2. The second-order valence-corrected chi connectivity index (χ2v) is 5.16. The van der Waals surface area contributed by atoms with Gasteiger partial charge in [-0.05, 0) is 47.7 Å². The van der Waals surface area contributed by atoms with Crippen LogP contribution in [0, 0.1) is 3.57 Å². The van der Waals surface area contributed by atoms with E-state index in [0.717, 1.165) is 20.4 Å². The number of halogens is 2. The number of rotatable bonds is 4. The molecule has 0 saturated carbocycles. The van der Waals surface area contributed by atoms with Crippen molar-refractivity contribution in [3.63, 3.8) is 0 Å². The molecule has 0 amide bonds. The van der Waals surface area contributed by atoms with Crippen LogP contribution < -0.4 is 0 Å². The van der Waals surface area contributed by atoms with E-state index in [4.69, 9.17) is 4.74 Å². The van der Waals surface area contributed by atoms with E-state index in [1.54, 1.807) is 19.1 Å². The summed E-state index contributed by atoms with van der Waals surface area (Å²) in [6.07, 6.45) is 2.09. The molecule has 4 nitrogen and oxygen atoms in total. The van der Waals surface area contributed by atoms with Crippen LogP contribution in [0.5, 0.6) is 0 Å². The van der Waals surface area contributed by atoms with Crippen LogP contribution in [0.4, 0.5) is 0 Å². The molecule has 0 heterocycles. The normalized spacial score (nSPS) is 10.4. The number of hydrogen-bond acceptors (Lipinski definition) is 4. The van der Waals surface area contributed by atoms with Gasteiger partial charge in [0.25, 0.3) is 0 Å². The van der Waals surface area contributed by atoms with E-state index in [2.05, 4.69) is 20.7 Å². The highest BCUT2D eigenvalue weighted by Gasteiger charge is 2.11. The van der Waals surface area contributed by atoms with Crippen LogP contribution in [0.3, 0.4) is 0 Å². The molecule has 1 aromatic carbocycles. The van der Waals surface area contributed by atoms with Crippen LogP contribution in [0.2, 0.25) is 0 Å². The molecule has 0 aliphatic rings. The molecule has 96 valence electrons. The molecule has 0 saturated heterocycles. The van der Waals surface area contributed by atoms with Crippen LogP contribution in [-0.4, -0.2) is 18.5 Å². The van der Waals surface area contributed by atoms with Crippen LogP contribution in [0.15, 0.2) is 35.0 Å². The summed E-state index contributed by atoms with van der Waals surface area (Å²) in [4.78, 5) is 22.7. The molecule has 1 rings (SSSR count). The predicted octanol–water partition coefficient (Wildman–Crippen LogP) is 3.29. The van der Waals surface area contributed by atoms with Crippen molar-refractivity contribution in [2.24, 2.45) is 0 Å². The summed E-state index contributed by atoms with van der Waals surface area (Å²) in [6, 6.07) is 5.27. The molecule has 0 aliphatic heterocycles. The second kappa shape index (κ2) is 7.52.